The minimum absolute atomic E-state index is 0.154. The summed E-state index contributed by atoms with van der Waals surface area (Å²) in [5.41, 5.74) is 3.46. The minimum atomic E-state index is -0.154. The molecule has 0 saturated carbocycles. The summed E-state index contributed by atoms with van der Waals surface area (Å²) in [5, 5.41) is 10.6. The van der Waals surface area contributed by atoms with Gasteiger partial charge in [0, 0.05) is 16.7 Å². The number of amides is 1. The van der Waals surface area contributed by atoms with E-state index in [-0.39, 0.29) is 5.91 Å². The van der Waals surface area contributed by atoms with E-state index in [0.29, 0.717) is 0 Å². The molecule has 1 heterocycles. The molecule has 0 atom stereocenters. The highest BCUT2D eigenvalue weighted by atomic mass is 32.2. The van der Waals surface area contributed by atoms with E-state index in [4.69, 9.17) is 0 Å². The number of benzene rings is 2. The largest absolute Gasteiger partial charge is 0.323 e. The molecule has 1 N–H and O–H groups in total. The van der Waals surface area contributed by atoms with Crippen LogP contribution in [-0.2, 0) is 4.79 Å². The van der Waals surface area contributed by atoms with E-state index >= 15 is 0 Å². The molecule has 0 radical (unpaired) electrons. The Balaban J connectivity index is 1.57. The maximum absolute atomic E-state index is 11.9. The highest BCUT2D eigenvalue weighted by Crippen LogP contribution is 2.29. The highest BCUT2D eigenvalue weighted by Gasteiger charge is 2.02. The SMILES string of the molecule is O=C(/C=C/c1ccccc1)Nc1ccc(Sc2nncs2)cc1. The number of hydrogen-bond donors (Lipinski definition) is 1. The predicted molar refractivity (Wildman–Crippen MR) is 94.6 cm³/mol. The van der Waals surface area contributed by atoms with Gasteiger partial charge in [0.25, 0.3) is 0 Å². The Morgan fingerprint density at radius 2 is 1.87 bits per heavy atom. The van der Waals surface area contributed by atoms with Crippen molar-refractivity contribution in [1.29, 1.82) is 0 Å². The molecule has 0 saturated heterocycles. The number of anilines is 1. The van der Waals surface area contributed by atoms with Crippen LogP contribution in [0.5, 0.6) is 0 Å². The van der Waals surface area contributed by atoms with Crippen LogP contribution in [0.1, 0.15) is 5.56 Å². The zero-order valence-electron chi connectivity index (χ0n) is 12.0. The van der Waals surface area contributed by atoms with Gasteiger partial charge in [0.05, 0.1) is 0 Å². The number of nitrogens with zero attached hydrogens (tertiary/aromatic N) is 2. The first-order valence-corrected chi connectivity index (χ1v) is 8.57. The fourth-order valence-electron chi connectivity index (χ4n) is 1.83. The van der Waals surface area contributed by atoms with E-state index in [1.807, 2.05) is 54.6 Å². The maximum Gasteiger partial charge on any atom is 0.248 e. The molecule has 0 aliphatic carbocycles. The lowest BCUT2D eigenvalue weighted by Crippen LogP contribution is -2.07. The third kappa shape index (κ3) is 4.77. The van der Waals surface area contributed by atoms with Crippen molar-refractivity contribution in [2.45, 2.75) is 9.24 Å². The average Bonchev–Trinajstić information content (AvgIpc) is 3.09. The summed E-state index contributed by atoms with van der Waals surface area (Å²) in [7, 11) is 0. The first kappa shape index (κ1) is 15.5. The van der Waals surface area contributed by atoms with Gasteiger partial charge in [0.2, 0.25) is 5.91 Å². The summed E-state index contributed by atoms with van der Waals surface area (Å²) in [5.74, 6) is -0.154. The fraction of sp³-hybridized carbons (Fsp3) is 0. The molecule has 114 valence electrons. The predicted octanol–water partition coefficient (Wildman–Crippen LogP) is 4.34. The van der Waals surface area contributed by atoms with Crippen LogP contribution in [0, 0.1) is 0 Å². The summed E-state index contributed by atoms with van der Waals surface area (Å²) >= 11 is 3.05. The topological polar surface area (TPSA) is 54.9 Å². The van der Waals surface area contributed by atoms with E-state index in [1.165, 1.54) is 17.4 Å². The molecule has 0 bridgehead atoms. The van der Waals surface area contributed by atoms with Crippen molar-refractivity contribution in [3.05, 3.63) is 71.7 Å². The number of rotatable bonds is 5. The van der Waals surface area contributed by atoms with Gasteiger partial charge in [0.15, 0.2) is 4.34 Å². The molecule has 4 nitrogen and oxygen atoms in total. The van der Waals surface area contributed by atoms with Gasteiger partial charge < -0.3 is 5.32 Å². The molecule has 23 heavy (non-hydrogen) atoms. The van der Waals surface area contributed by atoms with Crippen LogP contribution in [0.4, 0.5) is 5.69 Å². The number of nitrogens with one attached hydrogen (secondary N) is 1. The van der Waals surface area contributed by atoms with Gasteiger partial charge in [0.1, 0.15) is 5.51 Å². The lowest BCUT2D eigenvalue weighted by Gasteiger charge is -2.03. The molecule has 1 amide bonds. The van der Waals surface area contributed by atoms with Crippen molar-refractivity contribution in [2.75, 3.05) is 5.32 Å². The maximum atomic E-state index is 11.9. The van der Waals surface area contributed by atoms with Gasteiger partial charge in [-0.3, -0.25) is 4.79 Å². The van der Waals surface area contributed by atoms with Gasteiger partial charge in [-0.15, -0.1) is 10.2 Å². The molecule has 2 aromatic carbocycles. The highest BCUT2D eigenvalue weighted by molar-refractivity contribution is 8.01. The summed E-state index contributed by atoms with van der Waals surface area (Å²) in [6.07, 6.45) is 3.31. The van der Waals surface area contributed by atoms with Crippen LogP contribution >= 0.6 is 23.1 Å². The monoisotopic (exact) mass is 339 g/mol. The lowest BCUT2D eigenvalue weighted by atomic mass is 10.2. The van der Waals surface area contributed by atoms with Crippen molar-refractivity contribution < 1.29 is 4.79 Å². The van der Waals surface area contributed by atoms with Crippen LogP contribution < -0.4 is 5.32 Å². The van der Waals surface area contributed by atoms with Crippen LogP contribution in [0.3, 0.4) is 0 Å². The van der Waals surface area contributed by atoms with Gasteiger partial charge in [-0.2, -0.15) is 0 Å². The van der Waals surface area contributed by atoms with Crippen LogP contribution in [0.15, 0.2) is 75.4 Å². The van der Waals surface area contributed by atoms with Crippen LogP contribution in [0.2, 0.25) is 0 Å². The standard InChI is InChI=1S/C17H13N3OS2/c21-16(11-6-13-4-2-1-3-5-13)19-14-7-9-15(10-8-14)23-17-20-18-12-22-17/h1-12H,(H,19,21)/b11-6+. The Labute approximate surface area is 142 Å². The second-order valence-corrected chi connectivity index (χ2v) is 6.72. The molecule has 0 spiro atoms. The Hall–Kier alpha value is -2.44. The molecule has 0 unspecified atom stereocenters. The molecule has 3 aromatic rings. The number of aromatic nitrogens is 2. The second-order valence-electron chi connectivity index (χ2n) is 4.56. The van der Waals surface area contributed by atoms with Gasteiger partial charge in [-0.1, -0.05) is 53.4 Å². The smallest absolute Gasteiger partial charge is 0.248 e. The molecular formula is C17H13N3OS2. The minimum Gasteiger partial charge on any atom is -0.323 e. The van der Waals surface area contributed by atoms with Crippen molar-refractivity contribution in [3.63, 3.8) is 0 Å². The number of hydrogen-bond acceptors (Lipinski definition) is 5. The number of carbonyl (C=O) groups excluding carboxylic acids is 1. The molecule has 0 aliphatic rings. The normalized spacial score (nSPS) is 10.8. The van der Waals surface area contributed by atoms with E-state index in [9.17, 15) is 4.79 Å². The van der Waals surface area contributed by atoms with E-state index < -0.39 is 0 Å². The van der Waals surface area contributed by atoms with Crippen LogP contribution in [-0.4, -0.2) is 16.1 Å². The summed E-state index contributed by atoms with van der Waals surface area (Å²) in [4.78, 5) is 13.0. The third-order valence-corrected chi connectivity index (χ3v) is 4.68. The Kier molecular flexibility index (Phi) is 5.18. The van der Waals surface area contributed by atoms with Crippen molar-refractivity contribution >= 4 is 40.8 Å². The quantitative estimate of drug-likeness (QED) is 0.703. The van der Waals surface area contributed by atoms with E-state index in [0.717, 1.165) is 20.5 Å². The lowest BCUT2D eigenvalue weighted by molar-refractivity contribution is -0.111. The van der Waals surface area contributed by atoms with Gasteiger partial charge in [-0.05, 0) is 35.9 Å². The Morgan fingerprint density at radius 1 is 1.09 bits per heavy atom. The third-order valence-electron chi connectivity index (χ3n) is 2.89. The summed E-state index contributed by atoms with van der Waals surface area (Å²) in [6, 6.07) is 17.4. The second kappa shape index (κ2) is 7.71. The zero-order chi connectivity index (χ0) is 15.9. The molecule has 1 aromatic heterocycles. The summed E-state index contributed by atoms with van der Waals surface area (Å²) < 4.78 is 0.896. The molecular weight excluding hydrogens is 326 g/mol. The van der Waals surface area contributed by atoms with Gasteiger partial charge in [-0.25, -0.2) is 0 Å². The van der Waals surface area contributed by atoms with E-state index in [1.54, 1.807) is 23.3 Å². The zero-order valence-corrected chi connectivity index (χ0v) is 13.7. The van der Waals surface area contributed by atoms with Crippen LogP contribution in [0.25, 0.3) is 6.08 Å². The Bertz CT molecular complexity index is 784. The molecule has 3 rings (SSSR count). The number of carbonyl (C=O) groups is 1. The first-order valence-electron chi connectivity index (χ1n) is 6.88. The van der Waals surface area contributed by atoms with Crippen molar-refractivity contribution in [3.8, 4) is 0 Å². The van der Waals surface area contributed by atoms with E-state index in [2.05, 4.69) is 15.5 Å². The average molecular weight is 339 g/mol. The summed E-state index contributed by atoms with van der Waals surface area (Å²) in [6.45, 7) is 0. The molecule has 0 aliphatic heterocycles. The van der Waals surface area contributed by atoms with Crippen molar-refractivity contribution in [2.24, 2.45) is 0 Å². The Morgan fingerprint density at radius 3 is 2.57 bits per heavy atom. The van der Waals surface area contributed by atoms with Gasteiger partial charge >= 0.3 is 0 Å². The first-order chi connectivity index (χ1) is 11.3. The molecule has 0 fully saturated rings. The fourth-order valence-corrected chi connectivity index (χ4v) is 3.29. The van der Waals surface area contributed by atoms with Crippen molar-refractivity contribution in [1.82, 2.24) is 10.2 Å². The molecule has 6 heteroatoms.